The van der Waals surface area contributed by atoms with Crippen LogP contribution in [0.2, 0.25) is 0 Å². The van der Waals surface area contributed by atoms with Gasteiger partial charge in [-0.25, -0.2) is 15.0 Å². The summed E-state index contributed by atoms with van der Waals surface area (Å²) in [6, 6.07) is 11.1. The highest BCUT2D eigenvalue weighted by Gasteiger charge is 2.30. The van der Waals surface area contributed by atoms with Crippen molar-refractivity contribution in [2.75, 3.05) is 0 Å². The molecular weight excluding hydrogens is 378 g/mol. The van der Waals surface area contributed by atoms with Crippen LogP contribution < -0.4 is 10.9 Å². The van der Waals surface area contributed by atoms with Crippen LogP contribution in [0.1, 0.15) is 67.2 Å². The van der Waals surface area contributed by atoms with Gasteiger partial charge in [0.25, 0.3) is 11.5 Å². The van der Waals surface area contributed by atoms with Crippen molar-refractivity contribution < 1.29 is 4.79 Å². The van der Waals surface area contributed by atoms with Gasteiger partial charge in [0.2, 0.25) is 0 Å². The average Bonchev–Trinajstić information content (AvgIpc) is 3.57. The molecule has 1 aromatic carbocycles. The first-order chi connectivity index (χ1) is 14.3. The van der Waals surface area contributed by atoms with Crippen LogP contribution in [0.25, 0.3) is 11.6 Å². The Balaban J connectivity index is 1.61. The zero-order valence-corrected chi connectivity index (χ0v) is 17.3. The fourth-order valence-electron chi connectivity index (χ4n) is 3.48. The number of rotatable bonds is 5. The van der Waals surface area contributed by atoms with Gasteiger partial charge in [0.15, 0.2) is 11.6 Å². The van der Waals surface area contributed by atoms with Crippen LogP contribution in [-0.2, 0) is 0 Å². The van der Waals surface area contributed by atoms with Gasteiger partial charge in [-0.15, -0.1) is 0 Å². The third-order valence-corrected chi connectivity index (χ3v) is 5.21. The second-order valence-corrected chi connectivity index (χ2v) is 8.77. The van der Waals surface area contributed by atoms with Gasteiger partial charge in [-0.1, -0.05) is 45.0 Å². The van der Waals surface area contributed by atoms with E-state index in [4.69, 9.17) is 0 Å². The van der Waals surface area contributed by atoms with Crippen molar-refractivity contribution in [3.05, 3.63) is 76.0 Å². The molecule has 1 fully saturated rings. The second-order valence-electron chi connectivity index (χ2n) is 8.77. The number of H-pyrrole nitrogens is 1. The maximum atomic E-state index is 13.0. The van der Waals surface area contributed by atoms with E-state index in [1.807, 2.05) is 0 Å². The fourth-order valence-corrected chi connectivity index (χ4v) is 3.48. The van der Waals surface area contributed by atoms with Gasteiger partial charge < -0.3 is 10.3 Å². The normalized spacial score (nSPS) is 14.9. The predicted octanol–water partition coefficient (Wildman–Crippen LogP) is 3.62. The first-order valence-electron chi connectivity index (χ1n) is 10.1. The van der Waals surface area contributed by atoms with E-state index in [0.29, 0.717) is 5.92 Å². The molecule has 1 amide bonds. The summed E-state index contributed by atoms with van der Waals surface area (Å²) in [5.74, 6) is 0.687. The Morgan fingerprint density at radius 2 is 1.80 bits per heavy atom. The van der Waals surface area contributed by atoms with E-state index in [2.05, 4.69) is 70.3 Å². The van der Waals surface area contributed by atoms with Gasteiger partial charge in [0, 0.05) is 18.5 Å². The third kappa shape index (κ3) is 4.45. The molecule has 0 spiro atoms. The Labute approximate surface area is 175 Å². The quantitative estimate of drug-likeness (QED) is 0.678. The third-order valence-electron chi connectivity index (χ3n) is 5.21. The minimum Gasteiger partial charge on any atom is -0.343 e. The van der Waals surface area contributed by atoms with E-state index in [1.54, 1.807) is 18.5 Å². The minimum absolute atomic E-state index is 0.0325. The zero-order chi connectivity index (χ0) is 21.3. The lowest BCUT2D eigenvalue weighted by atomic mass is 9.82. The van der Waals surface area contributed by atoms with Crippen molar-refractivity contribution in [1.82, 2.24) is 25.3 Å². The monoisotopic (exact) mass is 403 g/mol. The summed E-state index contributed by atoms with van der Waals surface area (Å²) < 4.78 is 0. The van der Waals surface area contributed by atoms with Crippen LogP contribution in [0.15, 0.2) is 53.6 Å². The Morgan fingerprint density at radius 3 is 2.40 bits per heavy atom. The Morgan fingerprint density at radius 1 is 1.13 bits per heavy atom. The van der Waals surface area contributed by atoms with Crippen molar-refractivity contribution in [2.24, 2.45) is 5.41 Å². The average molecular weight is 403 g/mol. The van der Waals surface area contributed by atoms with Crippen LogP contribution in [0.3, 0.4) is 0 Å². The number of aromatic amines is 1. The molecule has 7 heteroatoms. The largest absolute Gasteiger partial charge is 0.343 e. The first-order valence-corrected chi connectivity index (χ1v) is 10.1. The van der Waals surface area contributed by atoms with Crippen LogP contribution in [0.5, 0.6) is 0 Å². The van der Waals surface area contributed by atoms with Gasteiger partial charge in [0.05, 0.1) is 6.04 Å². The number of carbonyl (C=O) groups excluding carboxylic acids is 1. The molecule has 0 unspecified atom stereocenters. The van der Waals surface area contributed by atoms with Crippen molar-refractivity contribution in [3.63, 3.8) is 0 Å². The summed E-state index contributed by atoms with van der Waals surface area (Å²) in [4.78, 5) is 40.2. The molecule has 3 aromatic rings. The topological polar surface area (TPSA) is 101 Å². The minimum atomic E-state index is -0.432. The Hall–Kier alpha value is -3.35. The number of nitrogens with zero attached hydrogens (tertiary/aromatic N) is 3. The van der Waals surface area contributed by atoms with E-state index in [-0.39, 0.29) is 28.8 Å². The molecule has 4 rings (SSSR count). The summed E-state index contributed by atoms with van der Waals surface area (Å²) in [6.07, 6.45) is 5.60. The number of hydrogen-bond donors (Lipinski definition) is 2. The molecule has 1 aliphatic carbocycles. The van der Waals surface area contributed by atoms with Gasteiger partial charge >= 0.3 is 0 Å². The second kappa shape index (κ2) is 7.82. The predicted molar refractivity (Wildman–Crippen MR) is 114 cm³/mol. The lowest BCUT2D eigenvalue weighted by molar-refractivity contribution is 0.0896. The molecule has 154 valence electrons. The Bertz CT molecular complexity index is 1100. The summed E-state index contributed by atoms with van der Waals surface area (Å²) >= 11 is 0. The van der Waals surface area contributed by atoms with Crippen molar-refractivity contribution >= 4 is 5.91 Å². The summed E-state index contributed by atoms with van der Waals surface area (Å²) in [5.41, 5.74) is 1.74. The van der Waals surface area contributed by atoms with E-state index >= 15 is 0 Å². The van der Waals surface area contributed by atoms with Gasteiger partial charge in [-0.05, 0) is 41.4 Å². The first kappa shape index (κ1) is 19.9. The number of amides is 1. The van der Waals surface area contributed by atoms with Gasteiger partial charge in [-0.3, -0.25) is 9.59 Å². The number of carbonyl (C=O) groups is 1. The van der Waals surface area contributed by atoms with E-state index in [1.165, 1.54) is 24.5 Å². The molecule has 0 aliphatic heterocycles. The number of aromatic nitrogens is 4. The van der Waals surface area contributed by atoms with Crippen molar-refractivity contribution in [1.29, 1.82) is 0 Å². The van der Waals surface area contributed by atoms with E-state index in [0.717, 1.165) is 5.56 Å². The highest BCUT2D eigenvalue weighted by molar-refractivity contribution is 5.92. The molecule has 0 radical (unpaired) electrons. The summed E-state index contributed by atoms with van der Waals surface area (Å²) in [5, 5.41) is 3.06. The lowest BCUT2D eigenvalue weighted by Gasteiger charge is -2.32. The summed E-state index contributed by atoms with van der Waals surface area (Å²) in [6.45, 7) is 6.21. The van der Waals surface area contributed by atoms with Crippen LogP contribution in [0.4, 0.5) is 0 Å². The Kier molecular flexibility index (Phi) is 5.20. The van der Waals surface area contributed by atoms with E-state index < -0.39 is 11.5 Å². The smallest absolute Gasteiger partial charge is 0.270 e. The maximum absolute atomic E-state index is 13.0. The standard InChI is InChI=1S/C23H25N5O2/c1-23(2,3)19(16-9-7-15(8-10-16)14-5-6-14)28-22(30)17-13-18(29)27-21(26-17)20-24-11-4-12-25-20/h4,7-14,19H,5-6H2,1-3H3,(H,28,30)(H,26,27,29)/t19-/m0/s1. The molecule has 2 N–H and O–H groups in total. The number of nitrogens with one attached hydrogen (secondary N) is 2. The zero-order valence-electron chi connectivity index (χ0n) is 17.3. The SMILES string of the molecule is CC(C)(C)[C@@H](NC(=O)c1cc(=O)[nH]c(-c2ncccn2)n1)c1ccc(C2CC2)cc1. The highest BCUT2D eigenvalue weighted by atomic mass is 16.2. The number of benzene rings is 1. The number of hydrogen-bond acceptors (Lipinski definition) is 5. The highest BCUT2D eigenvalue weighted by Crippen LogP contribution is 2.41. The maximum Gasteiger partial charge on any atom is 0.270 e. The molecular formula is C23H25N5O2. The van der Waals surface area contributed by atoms with Crippen molar-refractivity contribution in [2.45, 2.75) is 45.6 Å². The molecule has 1 aliphatic rings. The van der Waals surface area contributed by atoms with Gasteiger partial charge in [0.1, 0.15) is 5.69 Å². The molecule has 1 atom stereocenters. The van der Waals surface area contributed by atoms with Gasteiger partial charge in [-0.2, -0.15) is 0 Å². The molecule has 30 heavy (non-hydrogen) atoms. The molecule has 1 saturated carbocycles. The fraction of sp³-hybridized carbons (Fsp3) is 0.348. The molecule has 0 bridgehead atoms. The van der Waals surface area contributed by atoms with Crippen molar-refractivity contribution in [3.8, 4) is 11.6 Å². The molecule has 2 aromatic heterocycles. The molecule has 2 heterocycles. The van der Waals surface area contributed by atoms with E-state index in [9.17, 15) is 9.59 Å². The van der Waals surface area contributed by atoms with Crippen LogP contribution >= 0.6 is 0 Å². The molecule has 0 saturated heterocycles. The lowest BCUT2D eigenvalue weighted by Crippen LogP contribution is -2.37. The summed E-state index contributed by atoms with van der Waals surface area (Å²) in [7, 11) is 0. The van der Waals surface area contributed by atoms with Crippen LogP contribution in [0, 0.1) is 5.41 Å². The molecule has 7 nitrogen and oxygen atoms in total. The van der Waals surface area contributed by atoms with Crippen LogP contribution in [-0.4, -0.2) is 25.8 Å².